The maximum absolute atomic E-state index is 11.4. The van der Waals surface area contributed by atoms with Crippen LogP contribution < -0.4 is 5.73 Å². The first-order valence-corrected chi connectivity index (χ1v) is 33.5. The normalized spacial score (nSPS) is 9.47. The molecule has 0 aromatic heterocycles. The molecule has 29 nitrogen and oxygen atoms in total. The van der Waals surface area contributed by atoms with Crippen LogP contribution in [0.15, 0.2) is 124 Å². The number of nitrogens with two attached hydrogens (primary N) is 1. The summed E-state index contributed by atoms with van der Waals surface area (Å²) in [4.78, 5) is 100.0. The average Bonchev–Trinajstić information content (AvgIpc) is 0.922. The number of carbonyl (C=O) groups is 10. The van der Waals surface area contributed by atoms with E-state index in [1.54, 1.807) is 20.8 Å². The van der Waals surface area contributed by atoms with Crippen LogP contribution in [0, 0.1) is 5.41 Å². The molecule has 0 aliphatic heterocycles. The Bertz CT molecular complexity index is 2230. The van der Waals surface area contributed by atoms with Crippen molar-refractivity contribution < 1.29 is 150 Å². The van der Waals surface area contributed by atoms with Crippen molar-refractivity contribution in [2.75, 3.05) is 112 Å². The van der Waals surface area contributed by atoms with Crippen LogP contribution in [0.5, 0.6) is 0 Å². The molecular weight excluding hydrogens is 1410 g/mol. The molecule has 0 rings (SSSR count). The molecule has 0 heterocycles. The topological polar surface area (TPSA) is 473 Å². The summed E-state index contributed by atoms with van der Waals surface area (Å²) in [6, 6.07) is 0. The molecule has 0 fully saturated rings. The number of aliphatic hydroxyl groups excluding tert-OH is 5. The minimum absolute atomic E-state index is 0.0417. The highest BCUT2D eigenvalue weighted by Crippen LogP contribution is 2.19. The number of carboxylic acids is 5. The second-order valence-electron chi connectivity index (χ2n) is 21.7. The van der Waals surface area contributed by atoms with E-state index in [4.69, 9.17) is 84.2 Å². The van der Waals surface area contributed by atoms with Gasteiger partial charge in [0.05, 0.1) is 92.5 Å². The van der Waals surface area contributed by atoms with E-state index < -0.39 is 71.9 Å². The SMILES string of the molecule is C=C(C)C(=O)O.C=C(C)C(=O)O.C=C(C)C(=O)OCC(F)(F)F.C=C(C)C(=O)OCCCCCCCCCCCCCCCCCC.C=C(C)C(=O)OCCOCCOCCOC(=O)C(=C)C.C=CC(=O)O.C=CC(=O)O.C=CC(=O)O.C=CC(N)=O.CCC(CO)(CO)CO.OCCOCCOCCO. The van der Waals surface area contributed by atoms with Gasteiger partial charge in [0.25, 0.3) is 0 Å². The number of carboxylic acid groups (broad SMARTS) is 5. The summed E-state index contributed by atoms with van der Waals surface area (Å²) in [5, 5.41) is 81.1. The first kappa shape index (κ1) is 121. The van der Waals surface area contributed by atoms with Crippen molar-refractivity contribution in [1.82, 2.24) is 0 Å². The number of hydrogen-bond donors (Lipinski definition) is 11. The Balaban J connectivity index is -0.000000110. The Hall–Kier alpha value is -8.47. The van der Waals surface area contributed by atoms with Crippen LogP contribution in [0.3, 0.4) is 0 Å². The number of alkyl halides is 3. The van der Waals surface area contributed by atoms with Crippen LogP contribution in [0.2, 0.25) is 0 Å². The van der Waals surface area contributed by atoms with Gasteiger partial charge in [0.1, 0.15) is 13.2 Å². The quantitative estimate of drug-likeness (QED) is 0.0117. The lowest BCUT2D eigenvalue weighted by molar-refractivity contribution is -0.183. The molecule has 32 heteroatoms. The maximum Gasteiger partial charge on any atom is 0.422 e. The zero-order chi connectivity index (χ0) is 84.8. The number of ether oxygens (including phenoxy) is 8. The molecule has 0 saturated heterocycles. The number of aliphatic hydroxyl groups is 5. The molecule has 0 aromatic rings. The number of carbonyl (C=O) groups excluding carboxylic acids is 5. The Morgan fingerprint density at radius 1 is 0.349 bits per heavy atom. The first-order valence-electron chi connectivity index (χ1n) is 33.5. The van der Waals surface area contributed by atoms with Crippen molar-refractivity contribution in [3.8, 4) is 0 Å². The fourth-order valence-electron chi connectivity index (χ4n) is 5.10. The molecule has 0 aromatic carbocycles. The average molecular weight is 1540 g/mol. The smallest absolute Gasteiger partial charge is 0.422 e. The highest BCUT2D eigenvalue weighted by molar-refractivity contribution is 5.88. The molecule has 0 bridgehead atoms. The van der Waals surface area contributed by atoms with E-state index in [9.17, 15) is 61.1 Å². The third kappa shape index (κ3) is 132. The third-order valence-corrected chi connectivity index (χ3v) is 11.3. The van der Waals surface area contributed by atoms with Crippen LogP contribution >= 0.6 is 0 Å². The second-order valence-corrected chi connectivity index (χ2v) is 21.7. The van der Waals surface area contributed by atoms with Gasteiger partial charge in [-0.2, -0.15) is 13.2 Å². The minimum atomic E-state index is -4.47. The zero-order valence-electron chi connectivity index (χ0n) is 64.0. The fraction of sp³-hybridized carbons (Fsp3) is 0.595. The van der Waals surface area contributed by atoms with Gasteiger partial charge in [0.2, 0.25) is 5.91 Å². The standard InChI is InChI=1S/C22H42O2.C14H22O6.C6H7F3O2.C6H14O4.C6H14O3.2C4H6O2.C3H5NO.3C3H4O2/c1-4-5-6-7-8-9-10-11-12-13-14-15-16-17-18-19-20-24-22(23)21(2)3;1-11(2)13(15)19-9-7-17-5-6-18-8-10-20-14(16)12(3)4;1-4(2)5(10)11-3-6(7,8)9;7-1-3-9-5-6-10-4-2-8;1-2-6(3-7,4-8)5-9;2*1-3(2)4(5)6;4*1-2-3(4)5/h2,4-20H2,1,3H3;1,3,5-10H2,2,4H3;1,3H2,2H3;7-8H,1-6H2;7-9H,2-5H2,1H3;2*1H2,2H3,(H,5,6);2H,1H2,(H2,4,5);3*2H,1H2,(H,4,5). The number of esters is 4. The van der Waals surface area contributed by atoms with Gasteiger partial charge in [-0.25, -0.2) is 43.2 Å². The van der Waals surface area contributed by atoms with Crippen molar-refractivity contribution in [3.63, 3.8) is 0 Å². The first-order chi connectivity index (χ1) is 49.5. The van der Waals surface area contributed by atoms with E-state index in [1.165, 1.54) is 117 Å². The number of rotatable bonds is 48. The van der Waals surface area contributed by atoms with E-state index in [2.05, 4.69) is 83.2 Å². The maximum atomic E-state index is 11.4. The molecule has 1 amide bonds. The van der Waals surface area contributed by atoms with E-state index in [-0.39, 0.29) is 68.9 Å². The largest absolute Gasteiger partial charge is 0.478 e. The molecule has 0 unspecified atom stereocenters. The second kappa shape index (κ2) is 92.6. The summed E-state index contributed by atoms with van der Waals surface area (Å²) in [5.74, 6) is -7.43. The number of aliphatic carboxylic acids is 5. The lowest BCUT2D eigenvalue weighted by Gasteiger charge is -2.24. The monoisotopic (exact) mass is 1540 g/mol. The summed E-state index contributed by atoms with van der Waals surface area (Å²) in [6.07, 6.45) is 21.4. The molecule has 618 valence electrons. The number of amides is 1. The summed E-state index contributed by atoms with van der Waals surface area (Å²) >= 11 is 0. The predicted molar refractivity (Wildman–Crippen MR) is 398 cm³/mol. The van der Waals surface area contributed by atoms with Gasteiger partial charge in [0, 0.05) is 57.1 Å². The summed E-state index contributed by atoms with van der Waals surface area (Å²) in [6.45, 7) is 47.0. The number of hydrogen-bond acceptors (Lipinski definition) is 23. The van der Waals surface area contributed by atoms with Crippen LogP contribution in [0.1, 0.15) is 165 Å². The van der Waals surface area contributed by atoms with E-state index in [0.717, 1.165) is 30.7 Å². The molecule has 0 radical (unpaired) electrons. The Morgan fingerprint density at radius 2 is 0.557 bits per heavy atom. The number of primary amides is 1. The lowest BCUT2D eigenvalue weighted by Crippen LogP contribution is -2.32. The summed E-state index contributed by atoms with van der Waals surface area (Å²) < 4.78 is 72.8. The zero-order valence-corrected chi connectivity index (χ0v) is 64.0. The van der Waals surface area contributed by atoms with Crippen LogP contribution in [0.4, 0.5) is 13.2 Å². The highest BCUT2D eigenvalue weighted by Gasteiger charge is 2.29. The number of halogens is 3. The molecule has 0 aliphatic carbocycles. The Kier molecular flexibility index (Phi) is 106. The van der Waals surface area contributed by atoms with E-state index >= 15 is 0 Å². The molecular formula is C74H128F3NO28. The molecule has 12 N–H and O–H groups in total. The summed E-state index contributed by atoms with van der Waals surface area (Å²) in [5.41, 5.74) is 5.38. The van der Waals surface area contributed by atoms with Gasteiger partial charge in [-0.15, -0.1) is 0 Å². The van der Waals surface area contributed by atoms with Crippen molar-refractivity contribution in [2.45, 2.75) is 171 Å². The molecule has 0 aliphatic rings. The van der Waals surface area contributed by atoms with Crippen molar-refractivity contribution in [3.05, 3.63) is 124 Å². The Morgan fingerprint density at radius 3 is 0.726 bits per heavy atom. The van der Waals surface area contributed by atoms with E-state index in [1.807, 2.05) is 6.92 Å². The van der Waals surface area contributed by atoms with Gasteiger partial charge in [-0.1, -0.05) is 176 Å². The van der Waals surface area contributed by atoms with Gasteiger partial charge in [-0.3, -0.25) is 4.79 Å². The minimum Gasteiger partial charge on any atom is -0.478 e. The van der Waals surface area contributed by atoms with Gasteiger partial charge >= 0.3 is 59.9 Å². The van der Waals surface area contributed by atoms with Gasteiger partial charge < -0.3 is 94.7 Å². The summed E-state index contributed by atoms with van der Waals surface area (Å²) in [7, 11) is 0. The van der Waals surface area contributed by atoms with Gasteiger partial charge in [-0.05, 0) is 60.5 Å². The van der Waals surface area contributed by atoms with Crippen molar-refractivity contribution >= 4 is 59.6 Å². The number of unbranched alkanes of at least 4 members (excludes halogenated alkanes) is 15. The molecule has 0 atom stereocenters. The van der Waals surface area contributed by atoms with E-state index in [0.29, 0.717) is 82.6 Å². The van der Waals surface area contributed by atoms with Crippen LogP contribution in [-0.4, -0.2) is 229 Å². The Labute approximate surface area is 625 Å². The third-order valence-electron chi connectivity index (χ3n) is 11.3. The van der Waals surface area contributed by atoms with Crippen molar-refractivity contribution in [1.29, 1.82) is 0 Å². The fourth-order valence-corrected chi connectivity index (χ4v) is 5.10. The molecule has 0 saturated carbocycles. The predicted octanol–water partition coefficient (Wildman–Crippen LogP) is 10.4. The van der Waals surface area contributed by atoms with Crippen molar-refractivity contribution in [2.24, 2.45) is 11.1 Å². The lowest BCUT2D eigenvalue weighted by atomic mass is 9.88. The van der Waals surface area contributed by atoms with Gasteiger partial charge in [0.15, 0.2) is 6.61 Å². The highest BCUT2D eigenvalue weighted by atomic mass is 19.4. The molecule has 0 spiro atoms. The van der Waals surface area contributed by atoms with Crippen LogP contribution in [-0.2, 0) is 85.8 Å². The molecule has 106 heavy (non-hydrogen) atoms. The van der Waals surface area contributed by atoms with Crippen LogP contribution in [0.25, 0.3) is 0 Å².